The van der Waals surface area contributed by atoms with Crippen molar-refractivity contribution in [2.24, 2.45) is 5.41 Å². The van der Waals surface area contributed by atoms with Crippen molar-refractivity contribution in [1.29, 1.82) is 0 Å². The number of likely N-dealkylation sites (tertiary alicyclic amines) is 1. The van der Waals surface area contributed by atoms with Gasteiger partial charge in [-0.25, -0.2) is 14.4 Å². The maximum absolute atomic E-state index is 13.1. The van der Waals surface area contributed by atoms with Gasteiger partial charge in [-0.1, -0.05) is 30.3 Å². The first-order valence-corrected chi connectivity index (χ1v) is 8.13. The monoisotopic (exact) mass is 326 g/mol. The van der Waals surface area contributed by atoms with Crippen molar-refractivity contribution in [2.75, 3.05) is 31.6 Å². The topological polar surface area (TPSA) is 49.3 Å². The second kappa shape index (κ2) is 5.54. The number of hydrogen-bond donors (Lipinski definition) is 0. The molecule has 2 atom stereocenters. The molecule has 2 saturated heterocycles. The molecule has 1 aromatic carbocycles. The van der Waals surface area contributed by atoms with E-state index >= 15 is 0 Å². The van der Waals surface area contributed by atoms with Gasteiger partial charge < -0.3 is 9.80 Å². The maximum Gasteiger partial charge on any atom is 0.231 e. The predicted octanol–water partition coefficient (Wildman–Crippen LogP) is 2.07. The summed E-state index contributed by atoms with van der Waals surface area (Å²) in [5.74, 6) is 0.297. The van der Waals surface area contributed by atoms with Crippen LogP contribution in [0.2, 0.25) is 0 Å². The first-order valence-electron chi connectivity index (χ1n) is 8.13. The van der Waals surface area contributed by atoms with Crippen LogP contribution in [-0.2, 0) is 4.79 Å². The van der Waals surface area contributed by atoms with E-state index in [1.807, 2.05) is 35.0 Å². The van der Waals surface area contributed by atoms with Gasteiger partial charge in [0.1, 0.15) is 0 Å². The van der Waals surface area contributed by atoms with E-state index in [1.165, 1.54) is 12.4 Å². The number of nitrogens with zero attached hydrogens (tertiary/aromatic N) is 4. The molecule has 6 heteroatoms. The van der Waals surface area contributed by atoms with Gasteiger partial charge in [-0.15, -0.1) is 0 Å². The zero-order valence-corrected chi connectivity index (χ0v) is 13.5. The fourth-order valence-corrected chi connectivity index (χ4v) is 4.07. The van der Waals surface area contributed by atoms with E-state index in [0.717, 1.165) is 18.5 Å². The van der Waals surface area contributed by atoms with Gasteiger partial charge in [0.15, 0.2) is 5.82 Å². The highest BCUT2D eigenvalue weighted by atomic mass is 19.1. The Morgan fingerprint density at radius 1 is 1.21 bits per heavy atom. The van der Waals surface area contributed by atoms with Gasteiger partial charge in [0.05, 0.1) is 17.8 Å². The van der Waals surface area contributed by atoms with Gasteiger partial charge in [-0.3, -0.25) is 4.79 Å². The summed E-state index contributed by atoms with van der Waals surface area (Å²) in [7, 11) is 1.86. The molecular formula is C18H19FN4O. The van der Waals surface area contributed by atoms with Crippen molar-refractivity contribution in [3.05, 3.63) is 54.1 Å². The van der Waals surface area contributed by atoms with E-state index < -0.39 is 11.2 Å². The molecule has 2 fully saturated rings. The molecule has 2 aliphatic rings. The standard InChI is InChI=1S/C18H19FN4O/c1-22-8-7-18(16(22)24)12-23(17-20-9-14(19)10-21-17)11-15(18)13-5-3-2-4-6-13/h2-6,9-10,15H,7-8,11-12H2,1H3/t15-,18-/m0/s1. The minimum absolute atomic E-state index is 0.0878. The zero-order valence-electron chi connectivity index (χ0n) is 13.5. The average molecular weight is 326 g/mol. The summed E-state index contributed by atoms with van der Waals surface area (Å²) in [6.45, 7) is 2.00. The summed E-state index contributed by atoms with van der Waals surface area (Å²) in [6, 6.07) is 10.1. The third-order valence-electron chi connectivity index (χ3n) is 5.30. The van der Waals surface area contributed by atoms with Crippen molar-refractivity contribution in [1.82, 2.24) is 14.9 Å². The average Bonchev–Trinajstić information content (AvgIpc) is 3.13. The van der Waals surface area contributed by atoms with E-state index in [4.69, 9.17) is 0 Å². The van der Waals surface area contributed by atoms with Crippen molar-refractivity contribution in [2.45, 2.75) is 12.3 Å². The van der Waals surface area contributed by atoms with Crippen LogP contribution in [0.5, 0.6) is 0 Å². The summed E-state index contributed by atoms with van der Waals surface area (Å²) < 4.78 is 13.1. The molecule has 0 bridgehead atoms. The number of anilines is 1. The van der Waals surface area contributed by atoms with Crippen LogP contribution in [-0.4, -0.2) is 47.5 Å². The fraction of sp³-hybridized carbons (Fsp3) is 0.389. The van der Waals surface area contributed by atoms with Crippen molar-refractivity contribution < 1.29 is 9.18 Å². The van der Waals surface area contributed by atoms with Gasteiger partial charge >= 0.3 is 0 Å². The van der Waals surface area contributed by atoms with E-state index in [1.54, 1.807) is 0 Å². The van der Waals surface area contributed by atoms with Crippen LogP contribution < -0.4 is 4.90 Å². The molecule has 2 aromatic rings. The van der Waals surface area contributed by atoms with E-state index in [9.17, 15) is 9.18 Å². The molecule has 0 aliphatic carbocycles. The van der Waals surface area contributed by atoms with Gasteiger partial charge in [0.25, 0.3) is 0 Å². The Kier molecular flexibility index (Phi) is 3.48. The number of benzene rings is 1. The van der Waals surface area contributed by atoms with E-state index in [2.05, 4.69) is 22.1 Å². The quantitative estimate of drug-likeness (QED) is 0.848. The van der Waals surface area contributed by atoms with Gasteiger partial charge in [0.2, 0.25) is 11.9 Å². The number of amides is 1. The molecule has 24 heavy (non-hydrogen) atoms. The van der Waals surface area contributed by atoms with Crippen LogP contribution in [0.25, 0.3) is 0 Å². The minimum Gasteiger partial charge on any atom is -0.345 e. The highest BCUT2D eigenvalue weighted by molar-refractivity contribution is 5.87. The van der Waals surface area contributed by atoms with Crippen molar-refractivity contribution in [3.8, 4) is 0 Å². The lowest BCUT2D eigenvalue weighted by Crippen LogP contribution is -2.38. The number of hydrogen-bond acceptors (Lipinski definition) is 4. The number of halogens is 1. The van der Waals surface area contributed by atoms with Crippen LogP contribution >= 0.6 is 0 Å². The Bertz CT molecular complexity index is 751. The van der Waals surface area contributed by atoms with Crippen molar-refractivity contribution >= 4 is 11.9 Å². The highest BCUT2D eigenvalue weighted by Crippen LogP contribution is 2.50. The summed E-state index contributed by atoms with van der Waals surface area (Å²) in [5, 5.41) is 0. The molecule has 2 aliphatic heterocycles. The minimum atomic E-state index is -0.455. The van der Waals surface area contributed by atoms with Gasteiger partial charge in [0, 0.05) is 32.6 Å². The van der Waals surface area contributed by atoms with Crippen LogP contribution in [0.4, 0.5) is 10.3 Å². The van der Waals surface area contributed by atoms with Crippen LogP contribution in [0.3, 0.4) is 0 Å². The number of rotatable bonds is 2. The molecule has 1 amide bonds. The molecule has 0 N–H and O–H groups in total. The number of aromatic nitrogens is 2. The summed E-state index contributed by atoms with van der Waals surface area (Å²) in [4.78, 5) is 25.0. The molecule has 3 heterocycles. The Morgan fingerprint density at radius 3 is 2.54 bits per heavy atom. The van der Waals surface area contributed by atoms with Crippen molar-refractivity contribution in [3.63, 3.8) is 0 Å². The largest absolute Gasteiger partial charge is 0.345 e. The number of carbonyl (C=O) groups excluding carboxylic acids is 1. The molecule has 5 nitrogen and oxygen atoms in total. The van der Waals surface area contributed by atoms with Crippen LogP contribution in [0, 0.1) is 11.2 Å². The fourth-order valence-electron chi connectivity index (χ4n) is 4.07. The summed E-state index contributed by atoms with van der Waals surface area (Å²) >= 11 is 0. The molecular weight excluding hydrogens is 307 g/mol. The summed E-state index contributed by atoms with van der Waals surface area (Å²) in [6.07, 6.45) is 3.17. The molecule has 0 unspecified atom stereocenters. The van der Waals surface area contributed by atoms with E-state index in [-0.39, 0.29) is 11.8 Å². The van der Waals surface area contributed by atoms with Crippen LogP contribution in [0.1, 0.15) is 17.9 Å². The third-order valence-corrected chi connectivity index (χ3v) is 5.30. The lowest BCUT2D eigenvalue weighted by atomic mass is 9.73. The number of carbonyl (C=O) groups is 1. The Labute approximate surface area is 140 Å². The van der Waals surface area contributed by atoms with Gasteiger partial charge in [-0.2, -0.15) is 0 Å². The molecule has 4 rings (SSSR count). The Balaban J connectivity index is 1.73. The van der Waals surface area contributed by atoms with Gasteiger partial charge in [-0.05, 0) is 12.0 Å². The smallest absolute Gasteiger partial charge is 0.231 e. The second-order valence-corrected chi connectivity index (χ2v) is 6.68. The zero-order chi connectivity index (χ0) is 16.7. The second-order valence-electron chi connectivity index (χ2n) is 6.68. The maximum atomic E-state index is 13.1. The first-order chi connectivity index (χ1) is 11.6. The first kappa shape index (κ1) is 15.1. The molecule has 0 saturated carbocycles. The Hall–Kier alpha value is -2.50. The van der Waals surface area contributed by atoms with E-state index in [0.29, 0.717) is 19.0 Å². The summed E-state index contributed by atoms with van der Waals surface area (Å²) in [5.41, 5.74) is 0.708. The highest BCUT2D eigenvalue weighted by Gasteiger charge is 2.56. The SMILES string of the molecule is CN1CC[C@@]2(CN(c3ncc(F)cn3)C[C@H]2c2ccccc2)C1=O. The molecule has 0 radical (unpaired) electrons. The van der Waals surface area contributed by atoms with Crippen LogP contribution in [0.15, 0.2) is 42.7 Å². The lowest BCUT2D eigenvalue weighted by Gasteiger charge is -2.28. The molecule has 1 spiro atoms. The Morgan fingerprint density at radius 2 is 1.92 bits per heavy atom. The molecule has 1 aromatic heterocycles. The third kappa shape index (κ3) is 2.25. The molecule has 124 valence electrons. The predicted molar refractivity (Wildman–Crippen MR) is 88.1 cm³/mol. The lowest BCUT2D eigenvalue weighted by molar-refractivity contribution is -0.134. The normalized spacial score (nSPS) is 26.6.